The summed E-state index contributed by atoms with van der Waals surface area (Å²) in [5.74, 6) is 0. The molecule has 1 aliphatic carbocycles. The first-order chi connectivity index (χ1) is 12.0. The Morgan fingerprint density at radius 2 is 1.28 bits per heavy atom. The molecule has 0 heteroatoms. The molecule has 0 nitrogen and oxygen atoms in total. The van der Waals surface area contributed by atoms with E-state index in [2.05, 4.69) is 99.6 Å². The summed E-state index contributed by atoms with van der Waals surface area (Å²) in [6, 6.07) is 26.2. The number of allylic oxidation sites excluding steroid dienone is 1. The predicted octanol–water partition coefficient (Wildman–Crippen LogP) is 7.01. The van der Waals surface area contributed by atoms with E-state index in [0.29, 0.717) is 0 Å². The molecule has 0 radical (unpaired) electrons. The fraction of sp³-hybridized carbons (Fsp3) is 0.200. The van der Waals surface area contributed by atoms with Crippen molar-refractivity contribution in [3.05, 3.63) is 89.5 Å². The SMILES string of the molecule is CC(C)(C)C1=Cc2c(cccc2-c2ccc(-c3ccccc3)cc2)C1. The fourth-order valence-electron chi connectivity index (χ4n) is 3.57. The monoisotopic (exact) mass is 324 g/mol. The summed E-state index contributed by atoms with van der Waals surface area (Å²) in [4.78, 5) is 0. The van der Waals surface area contributed by atoms with Crippen LogP contribution in [0.25, 0.3) is 28.3 Å². The van der Waals surface area contributed by atoms with Crippen molar-refractivity contribution in [2.45, 2.75) is 27.2 Å². The maximum atomic E-state index is 2.41. The zero-order chi connectivity index (χ0) is 17.4. The van der Waals surface area contributed by atoms with Crippen LogP contribution < -0.4 is 0 Å². The summed E-state index contributed by atoms with van der Waals surface area (Å²) in [6.07, 6.45) is 3.49. The van der Waals surface area contributed by atoms with E-state index in [4.69, 9.17) is 0 Å². The first-order valence-corrected chi connectivity index (χ1v) is 9.01. The highest BCUT2D eigenvalue weighted by Gasteiger charge is 2.24. The quantitative estimate of drug-likeness (QED) is 0.476. The van der Waals surface area contributed by atoms with Crippen molar-refractivity contribution in [2.75, 3.05) is 0 Å². The zero-order valence-electron chi connectivity index (χ0n) is 15.2. The summed E-state index contributed by atoms with van der Waals surface area (Å²) < 4.78 is 0. The van der Waals surface area contributed by atoms with Gasteiger partial charge in [0.25, 0.3) is 0 Å². The summed E-state index contributed by atoms with van der Waals surface area (Å²) in [7, 11) is 0. The van der Waals surface area contributed by atoms with E-state index in [-0.39, 0.29) is 5.41 Å². The smallest absolute Gasteiger partial charge is 0.00523 e. The minimum Gasteiger partial charge on any atom is -0.0622 e. The van der Waals surface area contributed by atoms with Gasteiger partial charge in [0.2, 0.25) is 0 Å². The predicted molar refractivity (Wildman–Crippen MR) is 108 cm³/mol. The minimum absolute atomic E-state index is 0.230. The first-order valence-electron chi connectivity index (χ1n) is 9.01. The maximum Gasteiger partial charge on any atom is -0.00523 e. The van der Waals surface area contributed by atoms with Crippen LogP contribution in [0.4, 0.5) is 0 Å². The highest BCUT2D eigenvalue weighted by atomic mass is 14.3. The molecule has 25 heavy (non-hydrogen) atoms. The highest BCUT2D eigenvalue weighted by molar-refractivity contribution is 5.82. The Morgan fingerprint density at radius 3 is 1.96 bits per heavy atom. The maximum absolute atomic E-state index is 2.41. The molecule has 1 aliphatic rings. The molecule has 0 bridgehead atoms. The van der Waals surface area contributed by atoms with Crippen LogP contribution in [0.1, 0.15) is 31.9 Å². The van der Waals surface area contributed by atoms with Gasteiger partial charge in [-0.1, -0.05) is 105 Å². The van der Waals surface area contributed by atoms with E-state index >= 15 is 0 Å². The van der Waals surface area contributed by atoms with Crippen LogP contribution in [0.15, 0.2) is 78.4 Å². The third-order valence-electron chi connectivity index (χ3n) is 5.16. The average Bonchev–Trinajstić information content (AvgIpc) is 3.07. The molecule has 3 aromatic rings. The molecule has 3 aromatic carbocycles. The topological polar surface area (TPSA) is 0 Å². The van der Waals surface area contributed by atoms with Gasteiger partial charge in [0, 0.05) is 0 Å². The average molecular weight is 324 g/mol. The van der Waals surface area contributed by atoms with Crippen molar-refractivity contribution in [1.29, 1.82) is 0 Å². The lowest BCUT2D eigenvalue weighted by Gasteiger charge is -2.19. The lowest BCUT2D eigenvalue weighted by molar-refractivity contribution is 0.498. The van der Waals surface area contributed by atoms with Gasteiger partial charge in [0.1, 0.15) is 0 Å². The molecule has 0 fully saturated rings. The Labute approximate surface area is 150 Å². The van der Waals surface area contributed by atoms with E-state index in [1.807, 2.05) is 0 Å². The molecule has 0 heterocycles. The van der Waals surface area contributed by atoms with Gasteiger partial charge < -0.3 is 0 Å². The highest BCUT2D eigenvalue weighted by Crippen LogP contribution is 2.40. The molecule has 0 N–H and O–H groups in total. The van der Waals surface area contributed by atoms with E-state index in [1.165, 1.54) is 39.0 Å². The van der Waals surface area contributed by atoms with Gasteiger partial charge in [-0.3, -0.25) is 0 Å². The molecule has 4 rings (SSSR count). The second kappa shape index (κ2) is 6.04. The van der Waals surface area contributed by atoms with E-state index in [0.717, 1.165) is 6.42 Å². The molecule has 0 aromatic heterocycles. The van der Waals surface area contributed by atoms with Gasteiger partial charge in [0.05, 0.1) is 0 Å². The lowest BCUT2D eigenvalue weighted by atomic mass is 9.85. The summed E-state index contributed by atoms with van der Waals surface area (Å²) in [6.45, 7) is 6.91. The van der Waals surface area contributed by atoms with E-state index in [9.17, 15) is 0 Å². The van der Waals surface area contributed by atoms with E-state index in [1.54, 1.807) is 0 Å². The second-order valence-electron chi connectivity index (χ2n) is 7.92. The number of benzene rings is 3. The van der Waals surface area contributed by atoms with Crippen LogP contribution in [0.5, 0.6) is 0 Å². The number of fused-ring (bicyclic) bond motifs is 1. The van der Waals surface area contributed by atoms with Gasteiger partial charge in [-0.25, -0.2) is 0 Å². The molecule has 0 saturated heterocycles. The van der Waals surface area contributed by atoms with Crippen molar-refractivity contribution in [1.82, 2.24) is 0 Å². The Morgan fingerprint density at radius 1 is 0.640 bits per heavy atom. The Hall–Kier alpha value is -2.60. The van der Waals surface area contributed by atoms with Gasteiger partial charge >= 0.3 is 0 Å². The summed E-state index contributed by atoms with van der Waals surface area (Å²) in [5, 5.41) is 0. The molecule has 0 amide bonds. The van der Waals surface area contributed by atoms with Crippen LogP contribution in [0.3, 0.4) is 0 Å². The normalized spacial score (nSPS) is 13.5. The summed E-state index contributed by atoms with van der Waals surface area (Å²) in [5.41, 5.74) is 9.78. The largest absolute Gasteiger partial charge is 0.0622 e. The molecular formula is C25H24. The Balaban J connectivity index is 1.73. The molecule has 0 unspecified atom stereocenters. The van der Waals surface area contributed by atoms with Crippen LogP contribution in [-0.4, -0.2) is 0 Å². The number of rotatable bonds is 2. The van der Waals surface area contributed by atoms with Gasteiger partial charge in [-0.05, 0) is 45.2 Å². The van der Waals surface area contributed by atoms with Crippen LogP contribution >= 0.6 is 0 Å². The molecular weight excluding hydrogens is 300 g/mol. The third kappa shape index (κ3) is 3.05. The number of hydrogen-bond acceptors (Lipinski definition) is 0. The molecule has 0 atom stereocenters. The molecule has 0 saturated carbocycles. The molecule has 0 aliphatic heterocycles. The van der Waals surface area contributed by atoms with Crippen LogP contribution in [0, 0.1) is 5.41 Å². The van der Waals surface area contributed by atoms with Crippen molar-refractivity contribution in [2.24, 2.45) is 5.41 Å². The fourth-order valence-corrected chi connectivity index (χ4v) is 3.57. The van der Waals surface area contributed by atoms with E-state index < -0.39 is 0 Å². The summed E-state index contributed by atoms with van der Waals surface area (Å²) >= 11 is 0. The van der Waals surface area contributed by atoms with Gasteiger partial charge in [-0.2, -0.15) is 0 Å². The van der Waals surface area contributed by atoms with Crippen LogP contribution in [0.2, 0.25) is 0 Å². The third-order valence-corrected chi connectivity index (χ3v) is 5.16. The first kappa shape index (κ1) is 15.9. The van der Waals surface area contributed by atoms with Gasteiger partial charge in [0.15, 0.2) is 0 Å². The standard InChI is InChI=1S/C25H24/c1-25(2,3)22-16-21-10-7-11-23(24(21)17-22)20-14-12-19(13-15-20)18-8-5-4-6-9-18/h4-15,17H,16H2,1-3H3. The zero-order valence-corrected chi connectivity index (χ0v) is 15.2. The van der Waals surface area contributed by atoms with Crippen molar-refractivity contribution >= 4 is 6.08 Å². The van der Waals surface area contributed by atoms with Crippen molar-refractivity contribution in [3.8, 4) is 22.3 Å². The molecule has 0 spiro atoms. The number of hydrogen-bond donors (Lipinski definition) is 0. The Kier molecular flexibility index (Phi) is 3.84. The van der Waals surface area contributed by atoms with Crippen molar-refractivity contribution in [3.63, 3.8) is 0 Å². The van der Waals surface area contributed by atoms with Crippen molar-refractivity contribution < 1.29 is 0 Å². The van der Waals surface area contributed by atoms with Gasteiger partial charge in [-0.15, -0.1) is 0 Å². The lowest BCUT2D eigenvalue weighted by Crippen LogP contribution is -2.08. The Bertz CT molecular complexity index is 920. The minimum atomic E-state index is 0.230. The molecule has 124 valence electrons. The second-order valence-corrected chi connectivity index (χ2v) is 7.92. The van der Waals surface area contributed by atoms with Crippen LogP contribution in [-0.2, 0) is 6.42 Å².